The Balaban J connectivity index is 2.14. The van der Waals surface area contributed by atoms with Crippen LogP contribution in [0.3, 0.4) is 0 Å². The van der Waals surface area contributed by atoms with Crippen molar-refractivity contribution in [3.05, 3.63) is 33.7 Å². The lowest BCUT2D eigenvalue weighted by Gasteiger charge is -2.31. The Kier molecular flexibility index (Phi) is 4.10. The Morgan fingerprint density at radius 2 is 2.27 bits per heavy atom. The monoisotopic (exact) mass is 336 g/mol. The highest BCUT2D eigenvalue weighted by Crippen LogP contribution is 2.44. The van der Waals surface area contributed by atoms with E-state index in [0.29, 0.717) is 16.4 Å². The molecule has 1 aromatic rings. The molecular weight excluding hydrogens is 320 g/mol. The molecule has 2 aliphatic rings. The molecule has 5 nitrogen and oxygen atoms in total. The van der Waals surface area contributed by atoms with Crippen molar-refractivity contribution in [3.8, 4) is 0 Å². The number of methoxy groups -OCH3 is 1. The van der Waals surface area contributed by atoms with Gasteiger partial charge in [-0.15, -0.1) is 11.3 Å². The summed E-state index contributed by atoms with van der Waals surface area (Å²) in [6.45, 7) is 3.78. The van der Waals surface area contributed by atoms with Gasteiger partial charge in [0, 0.05) is 4.88 Å². The van der Waals surface area contributed by atoms with E-state index in [2.05, 4.69) is 4.99 Å². The molecule has 0 N–H and O–H groups in total. The zero-order chi connectivity index (χ0) is 15.9. The van der Waals surface area contributed by atoms with E-state index >= 15 is 0 Å². The van der Waals surface area contributed by atoms with E-state index in [0.717, 1.165) is 11.3 Å². The number of nitrogens with zero attached hydrogens (tertiary/aromatic N) is 2. The predicted molar refractivity (Wildman–Crippen MR) is 87.7 cm³/mol. The fourth-order valence-electron chi connectivity index (χ4n) is 2.68. The largest absolute Gasteiger partial charge is 0.466 e. The van der Waals surface area contributed by atoms with Crippen LogP contribution in [0.4, 0.5) is 0 Å². The summed E-state index contributed by atoms with van der Waals surface area (Å²) in [6.07, 6.45) is 0.739. The Bertz CT molecular complexity index is 679. The number of carbonyl (C=O) groups excluding carboxylic acids is 2. The van der Waals surface area contributed by atoms with Gasteiger partial charge in [0.15, 0.2) is 5.17 Å². The number of ether oxygens (including phenoxy) is 1. The van der Waals surface area contributed by atoms with Gasteiger partial charge < -0.3 is 4.74 Å². The third-order valence-electron chi connectivity index (χ3n) is 3.74. The minimum absolute atomic E-state index is 0.0125. The van der Waals surface area contributed by atoms with Gasteiger partial charge in [-0.2, -0.15) is 0 Å². The number of hydrogen-bond acceptors (Lipinski definition) is 6. The van der Waals surface area contributed by atoms with Crippen LogP contribution < -0.4 is 0 Å². The summed E-state index contributed by atoms with van der Waals surface area (Å²) in [5, 5.41) is 2.49. The number of amidine groups is 1. The lowest BCUT2D eigenvalue weighted by molar-refractivity contribution is -0.137. The molecule has 7 heteroatoms. The fourth-order valence-corrected chi connectivity index (χ4v) is 4.63. The molecule has 0 unspecified atom stereocenters. The Morgan fingerprint density at radius 1 is 1.50 bits per heavy atom. The third-order valence-corrected chi connectivity index (χ3v) is 5.98. The number of amides is 1. The Labute approximate surface area is 137 Å². The van der Waals surface area contributed by atoms with Crippen LogP contribution in [-0.2, 0) is 14.3 Å². The average molecular weight is 336 g/mol. The number of fused-ring (bicyclic) bond motifs is 1. The first-order chi connectivity index (χ1) is 10.6. The molecule has 0 aliphatic carbocycles. The second-order valence-corrected chi connectivity index (χ2v) is 7.18. The lowest BCUT2D eigenvalue weighted by Crippen LogP contribution is -2.40. The Hall–Kier alpha value is -1.60. The van der Waals surface area contributed by atoms with E-state index in [1.54, 1.807) is 11.8 Å². The van der Waals surface area contributed by atoms with E-state index < -0.39 is 12.0 Å². The summed E-state index contributed by atoms with van der Waals surface area (Å²) < 4.78 is 4.92. The third kappa shape index (κ3) is 2.28. The minimum Gasteiger partial charge on any atom is -0.466 e. The summed E-state index contributed by atoms with van der Waals surface area (Å²) >= 11 is 3.00. The van der Waals surface area contributed by atoms with Crippen LogP contribution in [0.2, 0.25) is 0 Å². The minimum atomic E-state index is -0.434. The Morgan fingerprint density at radius 3 is 2.86 bits per heavy atom. The molecule has 0 aromatic carbocycles. The summed E-state index contributed by atoms with van der Waals surface area (Å²) in [5.74, 6) is -0.421. The maximum absolute atomic E-state index is 12.7. The van der Waals surface area contributed by atoms with Gasteiger partial charge in [0.25, 0.3) is 0 Å². The van der Waals surface area contributed by atoms with Gasteiger partial charge in [0.1, 0.15) is 6.04 Å². The number of thioether (sulfide) groups is 1. The number of hydrogen-bond donors (Lipinski definition) is 0. The number of rotatable bonds is 3. The van der Waals surface area contributed by atoms with Crippen LogP contribution in [-0.4, -0.2) is 34.3 Å². The predicted octanol–water partition coefficient (Wildman–Crippen LogP) is 2.96. The van der Waals surface area contributed by atoms with Crippen LogP contribution >= 0.6 is 23.1 Å². The van der Waals surface area contributed by atoms with E-state index in [-0.39, 0.29) is 11.2 Å². The maximum atomic E-state index is 12.7. The van der Waals surface area contributed by atoms with E-state index in [1.807, 2.05) is 24.4 Å². The van der Waals surface area contributed by atoms with E-state index in [1.165, 1.54) is 30.2 Å². The van der Waals surface area contributed by atoms with Crippen molar-refractivity contribution in [2.75, 3.05) is 7.11 Å². The van der Waals surface area contributed by atoms with Crippen LogP contribution in [0.25, 0.3) is 0 Å². The van der Waals surface area contributed by atoms with Crippen molar-refractivity contribution >= 4 is 40.1 Å². The highest BCUT2D eigenvalue weighted by atomic mass is 32.2. The molecule has 116 valence electrons. The lowest BCUT2D eigenvalue weighted by atomic mass is 10.00. The average Bonchev–Trinajstić information content (AvgIpc) is 3.13. The molecule has 22 heavy (non-hydrogen) atoms. The van der Waals surface area contributed by atoms with Gasteiger partial charge in [0.05, 0.1) is 23.6 Å². The second kappa shape index (κ2) is 5.89. The highest BCUT2D eigenvalue weighted by Gasteiger charge is 2.47. The van der Waals surface area contributed by atoms with Crippen LogP contribution in [0.15, 0.2) is 33.8 Å². The maximum Gasteiger partial charge on any atom is 0.338 e. The smallest absolute Gasteiger partial charge is 0.338 e. The van der Waals surface area contributed by atoms with Gasteiger partial charge >= 0.3 is 5.97 Å². The number of esters is 1. The first kappa shape index (κ1) is 15.3. The van der Waals surface area contributed by atoms with Gasteiger partial charge in [0.2, 0.25) is 5.91 Å². The summed E-state index contributed by atoms with van der Waals surface area (Å²) in [4.78, 5) is 32.0. The van der Waals surface area contributed by atoms with E-state index in [4.69, 9.17) is 4.74 Å². The van der Waals surface area contributed by atoms with Gasteiger partial charge in [-0.1, -0.05) is 24.8 Å². The molecule has 0 bridgehead atoms. The normalized spacial score (nSPS) is 24.4. The molecule has 1 amide bonds. The number of allylic oxidation sites excluding steroid dienone is 1. The number of aliphatic imine (C=N–C) groups is 1. The van der Waals surface area contributed by atoms with Crippen molar-refractivity contribution in [1.29, 1.82) is 0 Å². The van der Waals surface area contributed by atoms with Gasteiger partial charge in [-0.3, -0.25) is 9.69 Å². The molecular formula is C15H16N2O3S2. The molecule has 0 saturated carbocycles. The molecule has 1 aromatic heterocycles. The molecule has 3 rings (SSSR count). The van der Waals surface area contributed by atoms with Crippen LogP contribution in [0, 0.1) is 0 Å². The van der Waals surface area contributed by atoms with Crippen molar-refractivity contribution in [2.45, 2.75) is 31.6 Å². The van der Waals surface area contributed by atoms with Crippen LogP contribution in [0.1, 0.15) is 31.2 Å². The molecule has 1 fully saturated rings. The fraction of sp³-hybridized carbons (Fsp3) is 0.400. The highest BCUT2D eigenvalue weighted by molar-refractivity contribution is 8.15. The van der Waals surface area contributed by atoms with Gasteiger partial charge in [-0.25, -0.2) is 9.79 Å². The topological polar surface area (TPSA) is 59.0 Å². The zero-order valence-corrected chi connectivity index (χ0v) is 14.2. The van der Waals surface area contributed by atoms with Crippen molar-refractivity contribution in [2.24, 2.45) is 4.99 Å². The number of carbonyl (C=O) groups is 2. The molecule has 2 aliphatic heterocycles. The molecule has 3 heterocycles. The van der Waals surface area contributed by atoms with E-state index in [9.17, 15) is 9.59 Å². The number of thiophene rings is 1. The first-order valence-corrected chi connectivity index (χ1v) is 8.75. The van der Waals surface area contributed by atoms with Gasteiger partial charge in [-0.05, 0) is 24.8 Å². The molecule has 1 saturated heterocycles. The SMILES string of the molecule is CC[C@@H]1SC2=NC(C)=C(C(=O)OC)[C@@H](c3cccs3)N2C1=O. The quantitative estimate of drug-likeness (QED) is 0.796. The summed E-state index contributed by atoms with van der Waals surface area (Å²) in [7, 11) is 1.35. The van der Waals surface area contributed by atoms with Crippen molar-refractivity contribution < 1.29 is 14.3 Å². The standard InChI is InChI=1S/C15H16N2O3S2/c1-4-9-13(18)17-12(10-6-5-7-21-10)11(14(19)20-3)8(2)16-15(17)22-9/h5-7,9,12H,4H2,1-3H3/t9-,12+/m0/s1. The second-order valence-electron chi connectivity index (χ2n) is 5.03. The first-order valence-electron chi connectivity index (χ1n) is 6.99. The van der Waals surface area contributed by atoms with Crippen molar-refractivity contribution in [3.63, 3.8) is 0 Å². The molecule has 0 radical (unpaired) electrons. The molecule has 2 atom stereocenters. The van der Waals surface area contributed by atoms with Crippen molar-refractivity contribution in [1.82, 2.24) is 4.90 Å². The zero-order valence-electron chi connectivity index (χ0n) is 12.5. The summed E-state index contributed by atoms with van der Waals surface area (Å²) in [5.41, 5.74) is 1.06. The molecule has 0 spiro atoms. The summed E-state index contributed by atoms with van der Waals surface area (Å²) in [6, 6.07) is 3.42. The van der Waals surface area contributed by atoms with Crippen LogP contribution in [0.5, 0.6) is 0 Å².